The number of alkyl halides is 2. The average Bonchev–Trinajstić information content (AvgIpc) is 4.03. The molecule has 2 aromatic carbocycles. The van der Waals surface area contributed by atoms with Crippen molar-refractivity contribution in [2.45, 2.75) is 128 Å². The molecule has 9 rings (SSSR count). The summed E-state index contributed by atoms with van der Waals surface area (Å²) in [6, 6.07) is 13.7. The minimum atomic E-state index is -3.07. The van der Waals surface area contributed by atoms with E-state index in [1.54, 1.807) is 26.1 Å². The van der Waals surface area contributed by atoms with E-state index in [0.29, 0.717) is 31.3 Å². The molecule has 0 unspecified atom stereocenters. The van der Waals surface area contributed by atoms with E-state index in [1.807, 2.05) is 42.8 Å². The highest BCUT2D eigenvalue weighted by molar-refractivity contribution is 6.31. The Labute approximate surface area is 488 Å². The van der Waals surface area contributed by atoms with Crippen LogP contribution in [0.15, 0.2) is 91.4 Å². The Morgan fingerprint density at radius 1 is 0.988 bits per heavy atom. The van der Waals surface area contributed by atoms with Crippen LogP contribution in [0.4, 0.5) is 40.7 Å². The van der Waals surface area contributed by atoms with Crippen molar-refractivity contribution in [3.05, 3.63) is 130 Å². The number of benzene rings is 2. The molecule has 3 aliphatic rings. The highest BCUT2D eigenvalue weighted by Crippen LogP contribution is 2.40. The van der Waals surface area contributed by atoms with E-state index in [0.717, 1.165) is 87.5 Å². The van der Waals surface area contributed by atoms with Crippen LogP contribution in [0, 0.1) is 28.4 Å². The van der Waals surface area contributed by atoms with E-state index >= 15 is 13.6 Å². The summed E-state index contributed by atoms with van der Waals surface area (Å²) in [5, 5.41) is 30.2. The number of pyridine rings is 2. The van der Waals surface area contributed by atoms with Crippen LogP contribution >= 0.6 is 11.6 Å². The Bertz CT molecular complexity index is 3410. The average molecular weight is 1180 g/mol. The lowest BCUT2D eigenvalue weighted by atomic mass is 9.87. The van der Waals surface area contributed by atoms with Gasteiger partial charge in [-0.25, -0.2) is 32.5 Å². The fraction of sp³-hybridized carbons (Fsp3) is 0.450. The zero-order valence-electron chi connectivity index (χ0n) is 47.3. The number of hydrogen-bond donors (Lipinski definition) is 3. The number of piperidine rings is 1. The molecule has 3 fully saturated rings. The Balaban J connectivity index is 0.884. The van der Waals surface area contributed by atoms with Gasteiger partial charge in [0.2, 0.25) is 23.6 Å². The third-order valence-corrected chi connectivity index (χ3v) is 15.7. The standard InChI is InChI=1S/C60H67ClF4N12O7/c1-6-39-33-70-77-49(27-50(72-54(39)77)74-20-10-9-11-43(74)17-21-78)68-31-38-14-15-51(69-32-38)84-59(4,5)18-22-83-36-58(2,3)57(82)73-34-47(76(52(79)35-73)48-23-37(30-66)16-19-67-48)56(81)75(44-25-40(62)24-41(63)26-44)53(45-12-7-8-13-46(45)61)55(80)71-42-28-60(64,65)29-42/h7-8,12-16,19,23-27,32-33,42-43,47,53,68,78H,6,9-11,17-18,20-22,28-29,31,34-36H2,1-5H3,(H,71,80)/t43-,47-,53-/m0/s1. The van der Waals surface area contributed by atoms with E-state index in [9.17, 15) is 33.5 Å². The number of carbonyl (C=O) groups is 4. The molecule has 444 valence electrons. The lowest BCUT2D eigenvalue weighted by Crippen LogP contribution is -2.65. The molecule has 0 spiro atoms. The van der Waals surface area contributed by atoms with Crippen LogP contribution in [-0.4, -0.2) is 127 Å². The first-order chi connectivity index (χ1) is 40.1. The number of aryl methyl sites for hydroxylation is 1. The van der Waals surface area contributed by atoms with Crippen LogP contribution in [0.3, 0.4) is 0 Å². The number of carbonyl (C=O) groups excluding carboxylic acids is 4. The molecule has 19 nitrogen and oxygen atoms in total. The number of halogens is 5. The van der Waals surface area contributed by atoms with Crippen LogP contribution in [0.2, 0.25) is 5.02 Å². The van der Waals surface area contributed by atoms with E-state index in [1.165, 1.54) is 42.6 Å². The molecule has 6 aromatic rings. The molecule has 4 aromatic heterocycles. The number of amides is 4. The van der Waals surface area contributed by atoms with Gasteiger partial charge < -0.3 is 35.0 Å². The third kappa shape index (κ3) is 13.8. The van der Waals surface area contributed by atoms with Crippen molar-refractivity contribution in [1.82, 2.24) is 34.8 Å². The third-order valence-electron chi connectivity index (χ3n) is 15.3. The van der Waals surface area contributed by atoms with E-state index in [2.05, 4.69) is 37.5 Å². The highest BCUT2D eigenvalue weighted by atomic mass is 35.5. The number of anilines is 4. The van der Waals surface area contributed by atoms with Gasteiger partial charge in [0.25, 0.3) is 11.8 Å². The van der Waals surface area contributed by atoms with E-state index in [-0.39, 0.29) is 47.8 Å². The molecule has 4 amide bonds. The molecule has 84 heavy (non-hydrogen) atoms. The lowest BCUT2D eigenvalue weighted by molar-refractivity contribution is -0.149. The fourth-order valence-corrected chi connectivity index (χ4v) is 11.1. The minimum Gasteiger partial charge on any atom is -0.472 e. The number of aliphatic hydroxyl groups excluding tert-OH is 1. The van der Waals surface area contributed by atoms with Gasteiger partial charge in [-0.2, -0.15) is 14.9 Å². The van der Waals surface area contributed by atoms with Crippen LogP contribution < -0.4 is 30.1 Å². The summed E-state index contributed by atoms with van der Waals surface area (Å²) >= 11 is 6.69. The molecule has 3 atom stereocenters. The smallest absolute Gasteiger partial charge is 0.253 e. The van der Waals surface area contributed by atoms with Crippen LogP contribution in [0.1, 0.15) is 108 Å². The molecule has 0 radical (unpaired) electrons. The van der Waals surface area contributed by atoms with Crippen molar-refractivity contribution in [2.24, 2.45) is 5.41 Å². The van der Waals surface area contributed by atoms with Gasteiger partial charge in [-0.3, -0.25) is 29.0 Å². The molecule has 6 heterocycles. The van der Waals surface area contributed by atoms with Gasteiger partial charge in [0.15, 0.2) is 5.65 Å². The second kappa shape index (κ2) is 25.5. The molecule has 3 N–H and O–H groups in total. The number of nitrogens with one attached hydrogen (secondary N) is 2. The van der Waals surface area contributed by atoms with Crippen LogP contribution in [-0.2, 0) is 36.9 Å². The van der Waals surface area contributed by atoms with Crippen molar-refractivity contribution < 1.29 is 51.3 Å². The summed E-state index contributed by atoms with van der Waals surface area (Å²) < 4.78 is 73.1. The summed E-state index contributed by atoms with van der Waals surface area (Å²) in [4.78, 5) is 78.5. The molecule has 1 aliphatic carbocycles. The van der Waals surface area contributed by atoms with Crippen LogP contribution in [0.25, 0.3) is 5.65 Å². The Morgan fingerprint density at radius 3 is 2.44 bits per heavy atom. The number of nitriles is 1. The summed E-state index contributed by atoms with van der Waals surface area (Å²) in [7, 11) is 0. The van der Waals surface area contributed by atoms with Crippen molar-refractivity contribution in [3.8, 4) is 11.9 Å². The fourth-order valence-electron chi connectivity index (χ4n) is 10.9. The van der Waals surface area contributed by atoms with Gasteiger partial charge in [-0.1, -0.05) is 42.8 Å². The summed E-state index contributed by atoms with van der Waals surface area (Å²) in [6.45, 7) is 9.22. The van der Waals surface area contributed by atoms with Crippen LogP contribution in [0.5, 0.6) is 5.88 Å². The van der Waals surface area contributed by atoms with E-state index < -0.39 is 102 Å². The maximum Gasteiger partial charge on any atom is 0.253 e. The van der Waals surface area contributed by atoms with Gasteiger partial charge in [-0.05, 0) is 95.7 Å². The quantitative estimate of drug-likeness (QED) is 0.0427. The molecule has 2 saturated heterocycles. The highest BCUT2D eigenvalue weighted by Gasteiger charge is 2.50. The molecule has 1 saturated carbocycles. The molecule has 2 aliphatic heterocycles. The minimum absolute atomic E-state index is 0.0531. The number of nitrogens with zero attached hydrogens (tertiary/aromatic N) is 10. The van der Waals surface area contributed by atoms with Crippen molar-refractivity contribution >= 4 is 64.0 Å². The second-order valence-corrected chi connectivity index (χ2v) is 23.1. The van der Waals surface area contributed by atoms with Gasteiger partial charge in [0.05, 0.1) is 48.7 Å². The number of fused-ring (bicyclic) bond motifs is 1. The molecule has 0 bridgehead atoms. The predicted molar refractivity (Wildman–Crippen MR) is 305 cm³/mol. The van der Waals surface area contributed by atoms with Gasteiger partial charge in [-0.15, -0.1) is 0 Å². The number of piperazine rings is 1. The zero-order chi connectivity index (χ0) is 60.1. The zero-order valence-corrected chi connectivity index (χ0v) is 48.1. The summed E-state index contributed by atoms with van der Waals surface area (Å²) in [5.74, 6) is -7.19. The Hall–Kier alpha value is -7.94. The first-order valence-electron chi connectivity index (χ1n) is 28.0. The number of ether oxygens (including phenoxy) is 2. The molecular weight excluding hydrogens is 1110 g/mol. The number of aromatic nitrogens is 5. The molecular formula is C60H67ClF4N12O7. The Morgan fingerprint density at radius 2 is 1.75 bits per heavy atom. The summed E-state index contributed by atoms with van der Waals surface area (Å²) in [6.07, 6.45) is 8.31. The topological polar surface area (TPSA) is 224 Å². The number of aliphatic hydroxyl groups is 1. The monoisotopic (exact) mass is 1180 g/mol. The maximum absolute atomic E-state index is 15.6. The first-order valence-corrected chi connectivity index (χ1v) is 28.4. The number of hydrogen-bond acceptors (Lipinski definition) is 14. The maximum atomic E-state index is 15.6. The SMILES string of the molecule is CCc1cnn2c(NCc3ccc(OC(C)(C)CCOCC(C)(C)C(=O)N4CC(=O)N(c5cc(C#N)ccn5)[C@H](C(=O)N(c5cc(F)cc(F)c5)[C@H](C(=O)NC5CC(F)(F)C5)c5ccccc5Cl)C4)nc3)cc(N3CCCC[C@H]3CCO)nc12. The van der Waals surface area contributed by atoms with E-state index in [4.69, 9.17) is 26.1 Å². The summed E-state index contributed by atoms with van der Waals surface area (Å²) in [5.41, 5.74) is 0.0429. The Kier molecular flexibility index (Phi) is 18.4. The number of rotatable bonds is 22. The van der Waals surface area contributed by atoms with Crippen molar-refractivity contribution in [2.75, 3.05) is 59.5 Å². The van der Waals surface area contributed by atoms with Gasteiger partial charge in [0.1, 0.15) is 53.3 Å². The normalized spacial score (nSPS) is 17.8. The molecule has 24 heteroatoms. The van der Waals surface area contributed by atoms with Gasteiger partial charge in [0, 0.05) is 97.8 Å². The van der Waals surface area contributed by atoms with Crippen molar-refractivity contribution in [3.63, 3.8) is 0 Å². The second-order valence-electron chi connectivity index (χ2n) is 22.7. The first kappa shape index (κ1) is 60.6. The lowest BCUT2D eigenvalue weighted by Gasteiger charge is -2.44. The largest absolute Gasteiger partial charge is 0.472 e. The van der Waals surface area contributed by atoms with Gasteiger partial charge >= 0.3 is 0 Å². The predicted octanol–water partition coefficient (Wildman–Crippen LogP) is 8.76. The van der Waals surface area contributed by atoms with Crippen molar-refractivity contribution in [1.29, 1.82) is 5.26 Å².